The number of carbonyl (C=O) groups excluding carboxylic acids is 1. The number of nitrogens with two attached hydrogens (primary N) is 1. The molecule has 0 spiro atoms. The summed E-state index contributed by atoms with van der Waals surface area (Å²) in [7, 11) is 0. The second-order valence-corrected chi connectivity index (χ2v) is 4.82. The van der Waals surface area contributed by atoms with Crippen LogP contribution in [0.25, 0.3) is 0 Å². The quantitative estimate of drug-likeness (QED) is 0.864. The number of carbonyl (C=O) groups is 1. The molecular weight excluding hydrogens is 228 g/mol. The normalized spacial score (nSPS) is 19.1. The number of hydrogen-bond acceptors (Lipinski definition) is 3. The molecule has 98 valence electrons. The SMILES string of the molecule is CC(C)C(=O)N1CCOc2ccccc2C1CN. The maximum Gasteiger partial charge on any atom is 0.225 e. The van der Waals surface area contributed by atoms with Gasteiger partial charge in [-0.05, 0) is 6.07 Å². The Hall–Kier alpha value is -1.55. The molecule has 18 heavy (non-hydrogen) atoms. The molecule has 1 atom stereocenters. The molecule has 4 nitrogen and oxygen atoms in total. The van der Waals surface area contributed by atoms with Crippen LogP contribution < -0.4 is 10.5 Å². The summed E-state index contributed by atoms with van der Waals surface area (Å²) in [6, 6.07) is 7.72. The third-order valence-corrected chi connectivity index (χ3v) is 3.24. The van der Waals surface area contributed by atoms with Crippen LogP contribution in [0.2, 0.25) is 0 Å². The van der Waals surface area contributed by atoms with Crippen LogP contribution in [0.4, 0.5) is 0 Å². The summed E-state index contributed by atoms with van der Waals surface area (Å²) in [5, 5.41) is 0. The Labute approximate surface area is 108 Å². The van der Waals surface area contributed by atoms with Crippen LogP contribution >= 0.6 is 0 Å². The van der Waals surface area contributed by atoms with Gasteiger partial charge in [0.2, 0.25) is 5.91 Å². The van der Waals surface area contributed by atoms with Crippen molar-refractivity contribution in [3.05, 3.63) is 29.8 Å². The highest BCUT2D eigenvalue weighted by atomic mass is 16.5. The Morgan fingerprint density at radius 3 is 2.89 bits per heavy atom. The first-order valence-corrected chi connectivity index (χ1v) is 6.37. The number of amides is 1. The van der Waals surface area contributed by atoms with Gasteiger partial charge in [-0.2, -0.15) is 0 Å². The molecule has 2 rings (SSSR count). The monoisotopic (exact) mass is 248 g/mol. The Morgan fingerprint density at radius 1 is 1.50 bits per heavy atom. The summed E-state index contributed by atoms with van der Waals surface area (Å²) >= 11 is 0. The fourth-order valence-corrected chi connectivity index (χ4v) is 2.31. The van der Waals surface area contributed by atoms with Crippen molar-refractivity contribution in [3.8, 4) is 5.75 Å². The number of rotatable bonds is 2. The van der Waals surface area contributed by atoms with Crippen LogP contribution in [-0.2, 0) is 4.79 Å². The summed E-state index contributed by atoms with van der Waals surface area (Å²) in [4.78, 5) is 14.1. The molecule has 1 aromatic carbocycles. The minimum atomic E-state index is -0.0846. The molecule has 1 aliphatic heterocycles. The van der Waals surface area contributed by atoms with Crippen LogP contribution in [0.3, 0.4) is 0 Å². The van der Waals surface area contributed by atoms with Crippen molar-refractivity contribution in [2.45, 2.75) is 19.9 Å². The molecule has 1 heterocycles. The van der Waals surface area contributed by atoms with Gasteiger partial charge >= 0.3 is 0 Å². The molecule has 1 aromatic rings. The van der Waals surface area contributed by atoms with Crippen molar-refractivity contribution in [1.82, 2.24) is 4.90 Å². The molecule has 0 radical (unpaired) electrons. The molecule has 0 fully saturated rings. The minimum absolute atomic E-state index is 0.0238. The van der Waals surface area contributed by atoms with E-state index in [-0.39, 0.29) is 17.9 Å². The van der Waals surface area contributed by atoms with Gasteiger partial charge in [0.15, 0.2) is 0 Å². The predicted octanol–water partition coefficient (Wildman–Crippen LogP) is 1.56. The first-order valence-electron chi connectivity index (χ1n) is 6.37. The lowest BCUT2D eigenvalue weighted by molar-refractivity contribution is -0.136. The van der Waals surface area contributed by atoms with E-state index in [0.29, 0.717) is 19.7 Å². The zero-order chi connectivity index (χ0) is 13.1. The smallest absolute Gasteiger partial charge is 0.225 e. The van der Waals surface area contributed by atoms with Crippen molar-refractivity contribution in [2.75, 3.05) is 19.7 Å². The van der Waals surface area contributed by atoms with E-state index in [1.54, 1.807) is 0 Å². The van der Waals surface area contributed by atoms with Gasteiger partial charge in [0, 0.05) is 18.0 Å². The summed E-state index contributed by atoms with van der Waals surface area (Å²) < 4.78 is 5.69. The van der Waals surface area contributed by atoms with Gasteiger partial charge in [0.05, 0.1) is 12.6 Å². The van der Waals surface area contributed by atoms with E-state index in [9.17, 15) is 4.79 Å². The van der Waals surface area contributed by atoms with E-state index in [0.717, 1.165) is 11.3 Å². The Morgan fingerprint density at radius 2 is 2.22 bits per heavy atom. The standard InChI is InChI=1S/C14H20N2O2/c1-10(2)14(17)16-7-8-18-13-6-4-3-5-11(13)12(16)9-15/h3-6,10,12H,7-9,15H2,1-2H3. The van der Waals surface area contributed by atoms with Crippen LogP contribution in [0.15, 0.2) is 24.3 Å². The lowest BCUT2D eigenvalue weighted by Crippen LogP contribution is -2.41. The molecule has 0 saturated heterocycles. The van der Waals surface area contributed by atoms with E-state index in [1.807, 2.05) is 43.0 Å². The van der Waals surface area contributed by atoms with Crippen molar-refractivity contribution in [1.29, 1.82) is 0 Å². The predicted molar refractivity (Wildman–Crippen MR) is 70.3 cm³/mol. The highest BCUT2D eigenvalue weighted by Gasteiger charge is 2.29. The third-order valence-electron chi connectivity index (χ3n) is 3.24. The van der Waals surface area contributed by atoms with E-state index < -0.39 is 0 Å². The van der Waals surface area contributed by atoms with E-state index in [4.69, 9.17) is 10.5 Å². The first-order chi connectivity index (χ1) is 8.65. The first kappa shape index (κ1) is 12.9. The average Bonchev–Trinajstić information content (AvgIpc) is 2.56. The van der Waals surface area contributed by atoms with Crippen LogP contribution in [-0.4, -0.2) is 30.5 Å². The van der Waals surface area contributed by atoms with E-state index in [2.05, 4.69) is 0 Å². The summed E-state index contributed by atoms with van der Waals surface area (Å²) in [5.74, 6) is 0.946. The average molecular weight is 248 g/mol. The summed E-state index contributed by atoms with van der Waals surface area (Å²) in [6.45, 7) is 5.35. The Bertz CT molecular complexity index is 432. The molecule has 1 unspecified atom stereocenters. The second kappa shape index (κ2) is 5.40. The maximum atomic E-state index is 12.2. The molecule has 2 N–H and O–H groups in total. The molecular formula is C14H20N2O2. The van der Waals surface area contributed by atoms with Gasteiger partial charge in [-0.1, -0.05) is 32.0 Å². The number of fused-ring (bicyclic) bond motifs is 1. The zero-order valence-corrected chi connectivity index (χ0v) is 10.9. The van der Waals surface area contributed by atoms with Gasteiger partial charge < -0.3 is 15.4 Å². The lowest BCUT2D eigenvalue weighted by atomic mass is 10.0. The Balaban J connectivity index is 2.37. The van der Waals surface area contributed by atoms with Crippen molar-refractivity contribution >= 4 is 5.91 Å². The van der Waals surface area contributed by atoms with Crippen LogP contribution in [0.1, 0.15) is 25.5 Å². The highest BCUT2D eigenvalue weighted by molar-refractivity contribution is 5.79. The molecule has 0 saturated carbocycles. The fraction of sp³-hybridized carbons (Fsp3) is 0.500. The van der Waals surface area contributed by atoms with Gasteiger partial charge in [-0.3, -0.25) is 4.79 Å². The molecule has 0 aliphatic carbocycles. The third kappa shape index (κ3) is 2.34. The highest BCUT2D eigenvalue weighted by Crippen LogP contribution is 2.31. The van der Waals surface area contributed by atoms with Crippen LogP contribution in [0, 0.1) is 5.92 Å². The van der Waals surface area contributed by atoms with Crippen molar-refractivity contribution in [3.63, 3.8) is 0 Å². The molecule has 4 heteroatoms. The van der Waals surface area contributed by atoms with Gasteiger partial charge in [-0.25, -0.2) is 0 Å². The van der Waals surface area contributed by atoms with E-state index >= 15 is 0 Å². The number of ether oxygens (including phenoxy) is 1. The molecule has 1 aliphatic rings. The van der Waals surface area contributed by atoms with Crippen molar-refractivity contribution < 1.29 is 9.53 Å². The maximum absolute atomic E-state index is 12.2. The topological polar surface area (TPSA) is 55.6 Å². The van der Waals surface area contributed by atoms with E-state index in [1.165, 1.54) is 0 Å². The molecule has 1 amide bonds. The van der Waals surface area contributed by atoms with Crippen molar-refractivity contribution in [2.24, 2.45) is 11.7 Å². The number of hydrogen-bond donors (Lipinski definition) is 1. The van der Waals surface area contributed by atoms with Gasteiger partial charge in [0.25, 0.3) is 0 Å². The molecule has 0 aromatic heterocycles. The zero-order valence-electron chi connectivity index (χ0n) is 10.9. The number of nitrogens with zero attached hydrogens (tertiary/aromatic N) is 1. The second-order valence-electron chi connectivity index (χ2n) is 4.82. The van der Waals surface area contributed by atoms with Gasteiger partial charge in [-0.15, -0.1) is 0 Å². The minimum Gasteiger partial charge on any atom is -0.491 e. The number of benzene rings is 1. The number of para-hydroxylation sites is 1. The molecule has 0 bridgehead atoms. The fourth-order valence-electron chi connectivity index (χ4n) is 2.31. The summed E-state index contributed by atoms with van der Waals surface area (Å²) in [5.41, 5.74) is 6.87. The largest absolute Gasteiger partial charge is 0.491 e. The lowest BCUT2D eigenvalue weighted by Gasteiger charge is -2.30. The van der Waals surface area contributed by atoms with Crippen LogP contribution in [0.5, 0.6) is 5.75 Å². The van der Waals surface area contributed by atoms with Gasteiger partial charge in [0.1, 0.15) is 12.4 Å². The Kier molecular flexibility index (Phi) is 3.87. The summed E-state index contributed by atoms with van der Waals surface area (Å²) in [6.07, 6.45) is 0.